The number of nitrogens with one attached hydrogen (secondary N) is 1. The van der Waals surface area contributed by atoms with Gasteiger partial charge in [0.15, 0.2) is 0 Å². The summed E-state index contributed by atoms with van der Waals surface area (Å²) in [5, 5.41) is 7.93. The maximum Gasteiger partial charge on any atom is 0.00697 e. The normalized spacial score (nSPS) is 15.6. The molecule has 1 heterocycles. The molecule has 0 bridgehead atoms. The number of aryl methyl sites for hydroxylation is 1. The maximum absolute atomic E-state index is 3.48. The van der Waals surface area contributed by atoms with E-state index in [1.807, 2.05) is 0 Å². The molecule has 2 unspecified atom stereocenters. The topological polar surface area (TPSA) is 12.0 Å². The second-order valence-electron chi connectivity index (χ2n) is 6.76. The van der Waals surface area contributed by atoms with Crippen LogP contribution in [0.2, 0.25) is 0 Å². The molecule has 0 aliphatic carbocycles. The fourth-order valence-corrected chi connectivity index (χ4v) is 3.47. The molecule has 0 aliphatic rings. The van der Waals surface area contributed by atoms with E-state index < -0.39 is 0 Å². The molecule has 0 aliphatic heterocycles. The van der Waals surface area contributed by atoms with Gasteiger partial charge in [0.05, 0.1) is 0 Å². The van der Waals surface area contributed by atoms with Crippen LogP contribution < -0.4 is 5.32 Å². The molecule has 1 N–H and O–H groups in total. The van der Waals surface area contributed by atoms with Gasteiger partial charge in [-0.3, -0.25) is 0 Å². The van der Waals surface area contributed by atoms with Gasteiger partial charge in [0.2, 0.25) is 0 Å². The highest BCUT2D eigenvalue weighted by atomic mass is 32.1. The minimum Gasteiger partial charge on any atom is -0.317 e. The third-order valence-corrected chi connectivity index (χ3v) is 4.15. The van der Waals surface area contributed by atoms with Gasteiger partial charge in [0.25, 0.3) is 0 Å². The monoisotopic (exact) mass is 267 g/mol. The van der Waals surface area contributed by atoms with E-state index in [0.717, 1.165) is 5.92 Å². The standard InChI is InChI=1S/C16H29NS/c1-13(11-16(2,3)4)10-15(17-5)7-6-14-8-9-18-12-14/h8-9,12-13,15,17H,6-7,10-11H2,1-5H3. The Balaban J connectivity index is 2.32. The molecule has 1 rings (SSSR count). The molecule has 1 aromatic rings. The summed E-state index contributed by atoms with van der Waals surface area (Å²) in [7, 11) is 2.10. The van der Waals surface area contributed by atoms with Crippen molar-refractivity contribution in [3.63, 3.8) is 0 Å². The average Bonchev–Trinajstić information content (AvgIpc) is 2.74. The largest absolute Gasteiger partial charge is 0.317 e. The SMILES string of the molecule is CNC(CCc1ccsc1)CC(C)CC(C)(C)C. The van der Waals surface area contributed by atoms with Crippen LogP contribution in [-0.2, 0) is 6.42 Å². The van der Waals surface area contributed by atoms with Crippen LogP contribution >= 0.6 is 11.3 Å². The van der Waals surface area contributed by atoms with Gasteiger partial charge < -0.3 is 5.32 Å². The molecule has 0 saturated heterocycles. The highest BCUT2D eigenvalue weighted by Crippen LogP contribution is 2.27. The molecule has 0 fully saturated rings. The van der Waals surface area contributed by atoms with Crippen molar-refractivity contribution in [2.45, 2.75) is 59.4 Å². The Morgan fingerprint density at radius 2 is 2.06 bits per heavy atom. The Morgan fingerprint density at radius 3 is 2.56 bits per heavy atom. The second-order valence-corrected chi connectivity index (χ2v) is 7.54. The zero-order chi connectivity index (χ0) is 13.6. The van der Waals surface area contributed by atoms with Crippen molar-refractivity contribution < 1.29 is 0 Å². The number of hydrogen-bond donors (Lipinski definition) is 1. The van der Waals surface area contributed by atoms with E-state index in [1.165, 1.54) is 31.2 Å². The van der Waals surface area contributed by atoms with Crippen molar-refractivity contribution in [3.8, 4) is 0 Å². The number of thiophene rings is 1. The fourth-order valence-electron chi connectivity index (χ4n) is 2.77. The molecule has 0 radical (unpaired) electrons. The van der Waals surface area contributed by atoms with Crippen molar-refractivity contribution in [2.75, 3.05) is 7.05 Å². The molecular formula is C16H29NS. The van der Waals surface area contributed by atoms with Crippen molar-refractivity contribution in [3.05, 3.63) is 22.4 Å². The van der Waals surface area contributed by atoms with E-state index in [-0.39, 0.29) is 0 Å². The summed E-state index contributed by atoms with van der Waals surface area (Å²) in [6, 6.07) is 2.90. The lowest BCUT2D eigenvalue weighted by molar-refractivity contribution is 0.274. The Kier molecular flexibility index (Phi) is 6.37. The summed E-state index contributed by atoms with van der Waals surface area (Å²) in [6.07, 6.45) is 5.06. The molecule has 1 nitrogen and oxygen atoms in total. The average molecular weight is 267 g/mol. The molecule has 0 spiro atoms. The van der Waals surface area contributed by atoms with Gasteiger partial charge in [-0.05, 0) is 66.5 Å². The van der Waals surface area contributed by atoms with Crippen molar-refractivity contribution in [1.82, 2.24) is 5.32 Å². The maximum atomic E-state index is 3.48. The quantitative estimate of drug-likeness (QED) is 0.753. The van der Waals surface area contributed by atoms with Gasteiger partial charge in [-0.15, -0.1) is 0 Å². The van der Waals surface area contributed by atoms with E-state index in [1.54, 1.807) is 11.3 Å². The van der Waals surface area contributed by atoms with Crippen LogP contribution in [0.5, 0.6) is 0 Å². The molecule has 1 aromatic heterocycles. The molecule has 2 atom stereocenters. The molecule has 104 valence electrons. The van der Waals surface area contributed by atoms with Crippen LogP contribution in [0.25, 0.3) is 0 Å². The number of rotatable bonds is 7. The van der Waals surface area contributed by atoms with Crippen LogP contribution in [0.1, 0.15) is 52.5 Å². The zero-order valence-electron chi connectivity index (χ0n) is 12.6. The van der Waals surface area contributed by atoms with Gasteiger partial charge in [0.1, 0.15) is 0 Å². The predicted octanol–water partition coefficient (Wildman–Crippen LogP) is 4.73. The summed E-state index contributed by atoms with van der Waals surface area (Å²) >= 11 is 1.80. The van der Waals surface area contributed by atoms with E-state index in [0.29, 0.717) is 11.5 Å². The van der Waals surface area contributed by atoms with Crippen LogP contribution in [-0.4, -0.2) is 13.1 Å². The molecule has 18 heavy (non-hydrogen) atoms. The molecule has 0 amide bonds. The van der Waals surface area contributed by atoms with Crippen LogP contribution in [0.3, 0.4) is 0 Å². The summed E-state index contributed by atoms with van der Waals surface area (Å²) < 4.78 is 0. The van der Waals surface area contributed by atoms with E-state index >= 15 is 0 Å². The van der Waals surface area contributed by atoms with Crippen molar-refractivity contribution >= 4 is 11.3 Å². The first-order valence-electron chi connectivity index (χ1n) is 7.09. The summed E-state index contributed by atoms with van der Waals surface area (Å²) in [5.41, 5.74) is 1.94. The first-order valence-corrected chi connectivity index (χ1v) is 8.03. The third kappa shape index (κ3) is 6.55. The van der Waals surface area contributed by atoms with Crippen LogP contribution in [0.15, 0.2) is 16.8 Å². The Labute approximate surface area is 117 Å². The van der Waals surface area contributed by atoms with Gasteiger partial charge in [-0.2, -0.15) is 11.3 Å². The fraction of sp³-hybridized carbons (Fsp3) is 0.750. The minimum absolute atomic E-state index is 0.449. The third-order valence-electron chi connectivity index (χ3n) is 3.42. The van der Waals surface area contributed by atoms with Gasteiger partial charge in [0, 0.05) is 6.04 Å². The Bertz CT molecular complexity index is 310. The first kappa shape index (κ1) is 15.7. The van der Waals surface area contributed by atoms with E-state index in [4.69, 9.17) is 0 Å². The van der Waals surface area contributed by atoms with Crippen molar-refractivity contribution in [1.29, 1.82) is 0 Å². The zero-order valence-corrected chi connectivity index (χ0v) is 13.4. The summed E-state index contributed by atoms with van der Waals surface area (Å²) in [6.45, 7) is 9.40. The number of hydrogen-bond acceptors (Lipinski definition) is 2. The molecule has 0 aromatic carbocycles. The minimum atomic E-state index is 0.449. The predicted molar refractivity (Wildman–Crippen MR) is 83.3 cm³/mol. The smallest absolute Gasteiger partial charge is 0.00697 e. The van der Waals surface area contributed by atoms with Gasteiger partial charge in [-0.25, -0.2) is 0 Å². The van der Waals surface area contributed by atoms with Crippen molar-refractivity contribution in [2.24, 2.45) is 11.3 Å². The van der Waals surface area contributed by atoms with Gasteiger partial charge in [-0.1, -0.05) is 27.7 Å². The van der Waals surface area contributed by atoms with Crippen LogP contribution in [0, 0.1) is 11.3 Å². The molecule has 0 saturated carbocycles. The first-order chi connectivity index (χ1) is 8.40. The molecule has 2 heteroatoms. The van der Waals surface area contributed by atoms with E-state index in [9.17, 15) is 0 Å². The Hall–Kier alpha value is -0.340. The lowest BCUT2D eigenvalue weighted by Crippen LogP contribution is -2.29. The highest BCUT2D eigenvalue weighted by Gasteiger charge is 2.18. The summed E-state index contributed by atoms with van der Waals surface area (Å²) in [5.74, 6) is 0.796. The molecular weight excluding hydrogens is 238 g/mol. The van der Waals surface area contributed by atoms with Gasteiger partial charge >= 0.3 is 0 Å². The van der Waals surface area contributed by atoms with Crippen LogP contribution in [0.4, 0.5) is 0 Å². The lowest BCUT2D eigenvalue weighted by Gasteiger charge is -2.26. The lowest BCUT2D eigenvalue weighted by atomic mass is 9.82. The summed E-state index contributed by atoms with van der Waals surface area (Å²) in [4.78, 5) is 0. The van der Waals surface area contributed by atoms with E-state index in [2.05, 4.69) is 56.9 Å². The highest BCUT2D eigenvalue weighted by molar-refractivity contribution is 7.07. The second kappa shape index (κ2) is 7.30. The Morgan fingerprint density at radius 1 is 1.33 bits per heavy atom.